The molecule has 1 saturated heterocycles. The Morgan fingerprint density at radius 1 is 1.35 bits per heavy atom. The van der Waals surface area contributed by atoms with E-state index in [4.69, 9.17) is 4.74 Å². The Labute approximate surface area is 157 Å². The quantitative estimate of drug-likeness (QED) is 0.254. The van der Waals surface area contributed by atoms with Gasteiger partial charge in [0.25, 0.3) is 0 Å². The van der Waals surface area contributed by atoms with E-state index < -0.39 is 10.0 Å². The van der Waals surface area contributed by atoms with Crippen LogP contribution in [0.4, 0.5) is 0 Å². The zero-order chi connectivity index (χ0) is 16.6. The fourth-order valence-corrected chi connectivity index (χ4v) is 3.72. The van der Waals surface area contributed by atoms with Gasteiger partial charge in [-0.2, -0.15) is 4.31 Å². The summed E-state index contributed by atoms with van der Waals surface area (Å²) in [7, 11) is -3.31. The summed E-state index contributed by atoms with van der Waals surface area (Å²) in [6, 6.07) is 0. The van der Waals surface area contributed by atoms with Crippen LogP contribution in [0.2, 0.25) is 0 Å². The zero-order valence-corrected chi connectivity index (χ0v) is 17.3. The maximum Gasteiger partial charge on any atom is 0.216 e. The molecule has 2 unspecified atom stereocenters. The lowest BCUT2D eigenvalue weighted by molar-refractivity contribution is -0.0440. The molecule has 2 N–H and O–H groups in total. The Kier molecular flexibility index (Phi) is 11.0. The van der Waals surface area contributed by atoms with Crippen LogP contribution < -0.4 is 10.6 Å². The highest BCUT2D eigenvalue weighted by Gasteiger charge is 2.30. The second-order valence-electron chi connectivity index (χ2n) is 5.32. The van der Waals surface area contributed by atoms with Gasteiger partial charge in [-0.1, -0.05) is 6.08 Å². The van der Waals surface area contributed by atoms with E-state index in [0.717, 1.165) is 0 Å². The first-order chi connectivity index (χ1) is 10.4. The molecule has 1 rings (SSSR count). The van der Waals surface area contributed by atoms with E-state index in [9.17, 15) is 8.42 Å². The average Bonchev–Trinajstić information content (AvgIpc) is 2.43. The molecule has 0 radical (unpaired) electrons. The normalized spacial score (nSPS) is 23.0. The lowest BCUT2D eigenvalue weighted by atomic mass is 10.3. The molecular weight excluding hydrogens is 431 g/mol. The highest BCUT2D eigenvalue weighted by Crippen LogP contribution is 2.14. The smallest absolute Gasteiger partial charge is 0.216 e. The lowest BCUT2D eigenvalue weighted by Gasteiger charge is -2.34. The number of sulfonamides is 1. The molecule has 0 aromatic rings. The van der Waals surface area contributed by atoms with Gasteiger partial charge in [-0.05, 0) is 20.8 Å². The summed E-state index contributed by atoms with van der Waals surface area (Å²) >= 11 is 0. The SMILES string of the molecule is C=CCNC(=NCCS(=O)(=O)N1CC(C)OC(C)C1)NCC.I. The number of hydrogen-bond donors (Lipinski definition) is 2. The summed E-state index contributed by atoms with van der Waals surface area (Å²) in [5, 5.41) is 6.10. The van der Waals surface area contributed by atoms with Gasteiger partial charge in [0, 0.05) is 26.2 Å². The predicted molar refractivity (Wildman–Crippen MR) is 105 cm³/mol. The summed E-state index contributed by atoms with van der Waals surface area (Å²) in [5.41, 5.74) is 0. The minimum absolute atomic E-state index is 0. The third-order valence-electron chi connectivity index (χ3n) is 3.16. The Hall–Kier alpha value is -0.390. The van der Waals surface area contributed by atoms with Crippen LogP contribution in [-0.4, -0.2) is 69.4 Å². The summed E-state index contributed by atoms with van der Waals surface area (Å²) in [5.74, 6) is 0.596. The molecule has 0 amide bonds. The molecule has 1 heterocycles. The van der Waals surface area contributed by atoms with Gasteiger partial charge in [-0.3, -0.25) is 4.99 Å². The number of nitrogens with one attached hydrogen (secondary N) is 2. The largest absolute Gasteiger partial charge is 0.373 e. The number of guanidine groups is 1. The van der Waals surface area contributed by atoms with Crippen LogP contribution in [0.3, 0.4) is 0 Å². The van der Waals surface area contributed by atoms with Crippen LogP contribution >= 0.6 is 24.0 Å². The van der Waals surface area contributed by atoms with Crippen molar-refractivity contribution in [3.63, 3.8) is 0 Å². The van der Waals surface area contributed by atoms with Crippen molar-refractivity contribution in [3.05, 3.63) is 12.7 Å². The number of halogens is 1. The van der Waals surface area contributed by atoms with Crippen molar-refractivity contribution in [1.29, 1.82) is 0 Å². The number of ether oxygens (including phenoxy) is 1. The molecule has 1 fully saturated rings. The number of morpholine rings is 1. The van der Waals surface area contributed by atoms with E-state index in [0.29, 0.717) is 32.1 Å². The van der Waals surface area contributed by atoms with Gasteiger partial charge in [0.2, 0.25) is 10.0 Å². The van der Waals surface area contributed by atoms with Gasteiger partial charge in [0.1, 0.15) is 0 Å². The van der Waals surface area contributed by atoms with E-state index in [1.165, 1.54) is 4.31 Å². The molecule has 7 nitrogen and oxygen atoms in total. The van der Waals surface area contributed by atoms with Gasteiger partial charge >= 0.3 is 0 Å². The minimum atomic E-state index is -3.31. The molecule has 0 aromatic carbocycles. The number of hydrogen-bond acceptors (Lipinski definition) is 4. The summed E-state index contributed by atoms with van der Waals surface area (Å²) < 4.78 is 31.8. The third-order valence-corrected chi connectivity index (χ3v) is 4.94. The standard InChI is InChI=1S/C14H28N4O3S.HI/c1-5-7-16-14(15-6-2)17-8-9-22(19,20)18-10-12(3)21-13(4)11-18;/h5,12-13H,1,6-11H2,2-4H3,(H2,15,16,17);1H. The highest BCUT2D eigenvalue weighted by atomic mass is 127. The molecule has 0 bridgehead atoms. The van der Waals surface area contributed by atoms with E-state index in [1.807, 2.05) is 20.8 Å². The van der Waals surface area contributed by atoms with Crippen LogP contribution in [0.1, 0.15) is 20.8 Å². The third kappa shape index (κ3) is 8.32. The fourth-order valence-electron chi connectivity index (χ4n) is 2.27. The van der Waals surface area contributed by atoms with E-state index in [2.05, 4.69) is 22.2 Å². The van der Waals surface area contributed by atoms with Crippen LogP contribution in [0.25, 0.3) is 0 Å². The summed E-state index contributed by atoms with van der Waals surface area (Å²) in [6.07, 6.45) is 1.57. The Bertz CT molecular complexity index is 474. The minimum Gasteiger partial charge on any atom is -0.373 e. The van der Waals surface area contributed by atoms with Gasteiger partial charge in [-0.25, -0.2) is 8.42 Å². The van der Waals surface area contributed by atoms with Gasteiger partial charge in [-0.15, -0.1) is 30.6 Å². The van der Waals surface area contributed by atoms with Crippen molar-refractivity contribution >= 4 is 40.0 Å². The Balaban J connectivity index is 0.00000484. The van der Waals surface area contributed by atoms with E-state index >= 15 is 0 Å². The average molecular weight is 460 g/mol. The van der Waals surface area contributed by atoms with Crippen molar-refractivity contribution in [1.82, 2.24) is 14.9 Å². The molecule has 0 spiro atoms. The lowest BCUT2D eigenvalue weighted by Crippen LogP contribution is -2.49. The monoisotopic (exact) mass is 460 g/mol. The highest BCUT2D eigenvalue weighted by molar-refractivity contribution is 14.0. The first kappa shape index (κ1) is 22.6. The second kappa shape index (κ2) is 11.2. The number of rotatable bonds is 7. The molecule has 1 aliphatic heterocycles. The van der Waals surface area contributed by atoms with Crippen molar-refractivity contribution in [2.45, 2.75) is 33.0 Å². The van der Waals surface area contributed by atoms with E-state index in [1.54, 1.807) is 6.08 Å². The molecule has 2 atom stereocenters. The maximum absolute atomic E-state index is 12.4. The molecule has 9 heteroatoms. The first-order valence-corrected chi connectivity index (χ1v) is 9.26. The Morgan fingerprint density at radius 3 is 2.48 bits per heavy atom. The maximum atomic E-state index is 12.4. The summed E-state index contributed by atoms with van der Waals surface area (Å²) in [4.78, 5) is 4.28. The molecule has 0 saturated carbocycles. The van der Waals surface area contributed by atoms with Crippen LogP contribution in [0, 0.1) is 0 Å². The van der Waals surface area contributed by atoms with E-state index in [-0.39, 0.29) is 48.5 Å². The number of nitrogens with zero attached hydrogens (tertiary/aromatic N) is 2. The Morgan fingerprint density at radius 2 is 1.96 bits per heavy atom. The van der Waals surface area contributed by atoms with Gasteiger partial charge < -0.3 is 15.4 Å². The molecule has 0 aromatic heterocycles. The fraction of sp³-hybridized carbons (Fsp3) is 0.786. The molecule has 136 valence electrons. The molecular formula is C14H29IN4O3S. The molecule has 0 aliphatic carbocycles. The topological polar surface area (TPSA) is 83.0 Å². The predicted octanol–water partition coefficient (Wildman–Crippen LogP) is 0.785. The zero-order valence-electron chi connectivity index (χ0n) is 14.1. The van der Waals surface area contributed by atoms with Crippen molar-refractivity contribution in [2.24, 2.45) is 4.99 Å². The molecule has 23 heavy (non-hydrogen) atoms. The van der Waals surface area contributed by atoms with Gasteiger partial charge in [0.05, 0.1) is 24.5 Å². The summed E-state index contributed by atoms with van der Waals surface area (Å²) in [6.45, 7) is 11.7. The van der Waals surface area contributed by atoms with Crippen molar-refractivity contribution < 1.29 is 13.2 Å². The van der Waals surface area contributed by atoms with Gasteiger partial charge in [0.15, 0.2) is 5.96 Å². The second-order valence-corrected chi connectivity index (χ2v) is 7.41. The number of aliphatic imine (C=N–C) groups is 1. The van der Waals surface area contributed by atoms with Crippen molar-refractivity contribution in [2.75, 3.05) is 38.5 Å². The van der Waals surface area contributed by atoms with Crippen molar-refractivity contribution in [3.8, 4) is 0 Å². The van der Waals surface area contributed by atoms with Crippen LogP contribution in [0.5, 0.6) is 0 Å². The first-order valence-electron chi connectivity index (χ1n) is 7.65. The molecule has 1 aliphatic rings. The van der Waals surface area contributed by atoms with Crippen LogP contribution in [-0.2, 0) is 14.8 Å². The van der Waals surface area contributed by atoms with Crippen LogP contribution in [0.15, 0.2) is 17.6 Å².